The summed E-state index contributed by atoms with van der Waals surface area (Å²) >= 11 is 0. The van der Waals surface area contributed by atoms with Crippen molar-refractivity contribution in [3.63, 3.8) is 0 Å². The molecule has 1 N–H and O–H groups in total. The molecule has 2 aromatic carbocycles. The van der Waals surface area contributed by atoms with Crippen LogP contribution in [0.5, 0.6) is 17.2 Å². The van der Waals surface area contributed by atoms with Crippen LogP contribution in [0.4, 0.5) is 0 Å². The van der Waals surface area contributed by atoms with Crippen LogP contribution in [-0.4, -0.2) is 44.6 Å². The van der Waals surface area contributed by atoms with Crippen LogP contribution >= 0.6 is 0 Å². The number of carbonyl (C=O) groups is 2. The minimum absolute atomic E-state index is 0.189. The van der Waals surface area contributed by atoms with Crippen molar-refractivity contribution in [3.05, 3.63) is 53.1 Å². The summed E-state index contributed by atoms with van der Waals surface area (Å²) in [6.07, 6.45) is 1.54. The third kappa shape index (κ3) is 4.62. The molecule has 0 atom stereocenters. The Balaban J connectivity index is 1.64. The van der Waals surface area contributed by atoms with Crippen LogP contribution in [0.1, 0.15) is 34.3 Å². The van der Waals surface area contributed by atoms with E-state index in [1.54, 1.807) is 39.5 Å². The zero-order valence-corrected chi connectivity index (χ0v) is 17.0. The summed E-state index contributed by atoms with van der Waals surface area (Å²) in [4.78, 5) is 26.1. The van der Waals surface area contributed by atoms with Gasteiger partial charge in [0.25, 0.3) is 5.91 Å². The van der Waals surface area contributed by atoms with E-state index < -0.39 is 0 Å². The van der Waals surface area contributed by atoms with Gasteiger partial charge in [-0.15, -0.1) is 0 Å². The first-order valence-electron chi connectivity index (χ1n) is 9.50. The summed E-state index contributed by atoms with van der Waals surface area (Å²) in [5.74, 6) is 1.58. The predicted molar refractivity (Wildman–Crippen MR) is 108 cm³/mol. The van der Waals surface area contributed by atoms with Crippen molar-refractivity contribution >= 4 is 11.8 Å². The lowest BCUT2D eigenvalue weighted by atomic mass is 10.1. The number of ether oxygens (including phenoxy) is 3. The molecule has 7 heteroatoms. The van der Waals surface area contributed by atoms with E-state index >= 15 is 0 Å². The highest BCUT2D eigenvalue weighted by Gasteiger charge is 2.20. The van der Waals surface area contributed by atoms with E-state index in [9.17, 15) is 9.59 Å². The van der Waals surface area contributed by atoms with Gasteiger partial charge < -0.3 is 24.4 Å². The zero-order valence-electron chi connectivity index (χ0n) is 17.0. The van der Waals surface area contributed by atoms with Crippen molar-refractivity contribution in [3.8, 4) is 17.2 Å². The van der Waals surface area contributed by atoms with Gasteiger partial charge in [-0.3, -0.25) is 9.59 Å². The molecule has 1 aliphatic rings. The van der Waals surface area contributed by atoms with Gasteiger partial charge in [-0.2, -0.15) is 0 Å². The lowest BCUT2D eigenvalue weighted by Crippen LogP contribution is -2.24. The van der Waals surface area contributed by atoms with E-state index in [4.69, 9.17) is 14.2 Å². The molecule has 7 nitrogen and oxygen atoms in total. The van der Waals surface area contributed by atoms with E-state index in [0.717, 1.165) is 24.1 Å². The Morgan fingerprint density at radius 1 is 1.00 bits per heavy atom. The molecule has 3 rings (SSSR count). The van der Waals surface area contributed by atoms with Crippen molar-refractivity contribution in [2.24, 2.45) is 0 Å². The van der Waals surface area contributed by atoms with Gasteiger partial charge in [0, 0.05) is 37.2 Å². The number of likely N-dealkylation sites (tertiary alicyclic amines) is 1. The van der Waals surface area contributed by atoms with E-state index in [1.807, 2.05) is 23.1 Å². The van der Waals surface area contributed by atoms with Gasteiger partial charge in [0.2, 0.25) is 11.7 Å². The van der Waals surface area contributed by atoms with Crippen LogP contribution in [0.3, 0.4) is 0 Å². The molecule has 0 aromatic heterocycles. The quantitative estimate of drug-likeness (QED) is 0.740. The third-order valence-electron chi connectivity index (χ3n) is 4.99. The van der Waals surface area contributed by atoms with Crippen molar-refractivity contribution in [1.29, 1.82) is 0 Å². The smallest absolute Gasteiger partial charge is 0.251 e. The summed E-state index contributed by atoms with van der Waals surface area (Å²) < 4.78 is 16.1. The monoisotopic (exact) mass is 398 g/mol. The number of benzene rings is 2. The Morgan fingerprint density at radius 3 is 2.31 bits per heavy atom. The molecule has 0 aliphatic carbocycles. The number of amides is 2. The second-order valence-electron chi connectivity index (χ2n) is 6.79. The van der Waals surface area contributed by atoms with Gasteiger partial charge >= 0.3 is 0 Å². The Bertz CT molecular complexity index is 880. The predicted octanol–water partition coefficient (Wildman–Crippen LogP) is 2.76. The summed E-state index contributed by atoms with van der Waals surface area (Å²) in [6.45, 7) is 1.67. The first-order chi connectivity index (χ1) is 14.1. The Morgan fingerprint density at radius 2 is 1.72 bits per heavy atom. The maximum atomic E-state index is 12.5. The van der Waals surface area contributed by atoms with Crippen LogP contribution in [0.15, 0.2) is 36.4 Å². The number of nitrogens with one attached hydrogen (secondary N) is 1. The Hall–Kier alpha value is -3.22. The Labute approximate surface area is 170 Å². The molecule has 2 amide bonds. The average Bonchev–Trinajstić information content (AvgIpc) is 3.15. The largest absolute Gasteiger partial charge is 0.493 e. The maximum absolute atomic E-state index is 12.5. The van der Waals surface area contributed by atoms with E-state index in [2.05, 4.69) is 5.32 Å². The number of nitrogens with zero attached hydrogens (tertiary/aromatic N) is 1. The van der Waals surface area contributed by atoms with Crippen LogP contribution in [-0.2, 0) is 17.9 Å². The molecule has 1 heterocycles. The minimum Gasteiger partial charge on any atom is -0.493 e. The fraction of sp³-hybridized carbons (Fsp3) is 0.364. The van der Waals surface area contributed by atoms with E-state index in [1.165, 1.54) is 0 Å². The number of hydrogen-bond donors (Lipinski definition) is 1. The maximum Gasteiger partial charge on any atom is 0.251 e. The van der Waals surface area contributed by atoms with E-state index in [0.29, 0.717) is 35.8 Å². The fourth-order valence-electron chi connectivity index (χ4n) is 3.43. The van der Waals surface area contributed by atoms with Crippen molar-refractivity contribution in [1.82, 2.24) is 10.2 Å². The van der Waals surface area contributed by atoms with Gasteiger partial charge in [-0.25, -0.2) is 0 Å². The molecule has 0 spiro atoms. The van der Waals surface area contributed by atoms with Crippen LogP contribution < -0.4 is 19.5 Å². The highest BCUT2D eigenvalue weighted by molar-refractivity contribution is 5.94. The lowest BCUT2D eigenvalue weighted by Gasteiger charge is -2.16. The van der Waals surface area contributed by atoms with Gasteiger partial charge in [-0.1, -0.05) is 12.1 Å². The summed E-state index contributed by atoms with van der Waals surface area (Å²) in [5.41, 5.74) is 2.35. The highest BCUT2D eigenvalue weighted by atomic mass is 16.5. The van der Waals surface area contributed by atoms with Crippen molar-refractivity contribution in [2.45, 2.75) is 25.9 Å². The van der Waals surface area contributed by atoms with Gasteiger partial charge in [0.05, 0.1) is 21.3 Å². The van der Waals surface area contributed by atoms with Crippen LogP contribution in [0.2, 0.25) is 0 Å². The number of methoxy groups -OCH3 is 3. The normalized spacial score (nSPS) is 13.3. The topological polar surface area (TPSA) is 77.1 Å². The minimum atomic E-state index is -0.189. The molecular weight excluding hydrogens is 372 g/mol. The second kappa shape index (κ2) is 9.32. The number of carbonyl (C=O) groups excluding carboxylic acids is 2. The molecule has 0 unspecified atom stereocenters. The molecule has 2 aromatic rings. The van der Waals surface area contributed by atoms with Crippen LogP contribution in [0.25, 0.3) is 0 Å². The van der Waals surface area contributed by atoms with Crippen molar-refractivity contribution in [2.75, 3.05) is 27.9 Å². The van der Waals surface area contributed by atoms with Gasteiger partial charge in [-0.05, 0) is 36.2 Å². The van der Waals surface area contributed by atoms with Crippen LogP contribution in [0, 0.1) is 0 Å². The van der Waals surface area contributed by atoms with Crippen molar-refractivity contribution < 1.29 is 23.8 Å². The number of hydrogen-bond acceptors (Lipinski definition) is 5. The molecule has 154 valence electrons. The molecule has 29 heavy (non-hydrogen) atoms. The molecule has 1 saturated heterocycles. The average molecular weight is 398 g/mol. The third-order valence-corrected chi connectivity index (χ3v) is 4.99. The SMILES string of the molecule is COc1ccc(CNC(=O)c2ccc(CN3CCCC3=O)cc2)c(OC)c1OC. The highest BCUT2D eigenvalue weighted by Crippen LogP contribution is 2.39. The molecule has 0 saturated carbocycles. The molecule has 1 fully saturated rings. The second-order valence-corrected chi connectivity index (χ2v) is 6.79. The fourth-order valence-corrected chi connectivity index (χ4v) is 3.43. The first-order valence-corrected chi connectivity index (χ1v) is 9.50. The summed E-state index contributed by atoms with van der Waals surface area (Å²) in [5, 5.41) is 2.90. The summed E-state index contributed by atoms with van der Waals surface area (Å²) in [7, 11) is 4.65. The first kappa shape index (κ1) is 20.5. The van der Waals surface area contributed by atoms with Gasteiger partial charge in [0.15, 0.2) is 11.5 Å². The molecular formula is C22H26N2O5. The van der Waals surface area contributed by atoms with Gasteiger partial charge in [0.1, 0.15) is 0 Å². The summed E-state index contributed by atoms with van der Waals surface area (Å²) in [6, 6.07) is 10.9. The van der Waals surface area contributed by atoms with E-state index in [-0.39, 0.29) is 18.4 Å². The zero-order chi connectivity index (χ0) is 20.8. The molecule has 0 radical (unpaired) electrons. The number of rotatable bonds is 8. The standard InChI is InChI=1S/C22H26N2O5/c1-27-18-11-10-17(20(28-2)21(18)29-3)13-23-22(26)16-8-6-15(7-9-16)14-24-12-4-5-19(24)25/h6-11H,4-5,12-14H2,1-3H3,(H,23,26). The lowest BCUT2D eigenvalue weighted by molar-refractivity contribution is -0.128. The molecule has 1 aliphatic heterocycles. The Kier molecular flexibility index (Phi) is 6.59. The molecule has 0 bridgehead atoms.